The Morgan fingerprint density at radius 1 is 1.24 bits per heavy atom. The van der Waals surface area contributed by atoms with Crippen molar-refractivity contribution in [2.24, 2.45) is 5.73 Å². The number of ether oxygens (including phenoxy) is 2. The van der Waals surface area contributed by atoms with Crippen LogP contribution in [0.2, 0.25) is 0 Å². The summed E-state index contributed by atoms with van der Waals surface area (Å²) in [5, 5.41) is 9.05. The molecule has 0 fully saturated rings. The molecule has 1 rings (SSSR count). The number of nitrogens with two attached hydrogens (primary N) is 1. The van der Waals surface area contributed by atoms with Gasteiger partial charge in [0.25, 0.3) is 0 Å². The maximum absolute atomic E-state index is 9.05. The van der Waals surface area contributed by atoms with Crippen molar-refractivity contribution in [2.45, 2.75) is 25.8 Å². The van der Waals surface area contributed by atoms with Crippen LogP contribution in [0.1, 0.15) is 20.3 Å². The minimum absolute atomic E-state index is 0.120. The maximum Gasteiger partial charge on any atom is 0.161 e. The molecule has 96 valence electrons. The van der Waals surface area contributed by atoms with Crippen molar-refractivity contribution in [1.82, 2.24) is 0 Å². The van der Waals surface area contributed by atoms with Crippen LogP contribution in [0, 0.1) is 0 Å². The molecule has 0 aromatic heterocycles. The molecule has 1 unspecified atom stereocenters. The molecule has 0 amide bonds. The number of aliphatic hydroxyl groups is 1. The van der Waals surface area contributed by atoms with E-state index in [-0.39, 0.29) is 13.2 Å². The first-order valence-electron chi connectivity index (χ1n) is 5.83. The zero-order chi connectivity index (χ0) is 12.7. The van der Waals surface area contributed by atoms with E-state index in [1.807, 2.05) is 31.2 Å². The summed E-state index contributed by atoms with van der Waals surface area (Å²) in [6.45, 7) is 4.57. The van der Waals surface area contributed by atoms with Crippen LogP contribution in [-0.4, -0.2) is 30.5 Å². The van der Waals surface area contributed by atoms with Gasteiger partial charge in [0.15, 0.2) is 11.5 Å². The molecule has 3 N–H and O–H groups in total. The summed E-state index contributed by atoms with van der Waals surface area (Å²) in [4.78, 5) is 0. The summed E-state index contributed by atoms with van der Waals surface area (Å²) in [5.41, 5.74) is 5.06. The van der Waals surface area contributed by atoms with E-state index >= 15 is 0 Å². The summed E-state index contributed by atoms with van der Waals surface area (Å²) >= 11 is 0. The van der Waals surface area contributed by atoms with E-state index in [4.69, 9.17) is 20.3 Å². The molecular weight excluding hydrogens is 218 g/mol. The second kappa shape index (κ2) is 6.47. The molecule has 0 aliphatic heterocycles. The van der Waals surface area contributed by atoms with E-state index in [0.29, 0.717) is 18.1 Å². The molecule has 17 heavy (non-hydrogen) atoms. The van der Waals surface area contributed by atoms with Crippen LogP contribution in [0.4, 0.5) is 0 Å². The molecule has 4 nitrogen and oxygen atoms in total. The largest absolute Gasteiger partial charge is 0.490 e. The van der Waals surface area contributed by atoms with Crippen LogP contribution in [-0.2, 0) is 0 Å². The molecule has 0 bridgehead atoms. The van der Waals surface area contributed by atoms with Gasteiger partial charge < -0.3 is 20.3 Å². The quantitative estimate of drug-likeness (QED) is 0.758. The Morgan fingerprint density at radius 3 is 2.35 bits per heavy atom. The van der Waals surface area contributed by atoms with Gasteiger partial charge in [-0.15, -0.1) is 0 Å². The normalized spacial score (nSPS) is 14.1. The van der Waals surface area contributed by atoms with Crippen molar-refractivity contribution in [3.05, 3.63) is 24.3 Å². The fraction of sp³-hybridized carbons (Fsp3) is 0.538. The van der Waals surface area contributed by atoms with Crippen molar-refractivity contribution < 1.29 is 14.6 Å². The number of rotatable bonds is 7. The second-order valence-electron chi connectivity index (χ2n) is 4.40. The summed E-state index contributed by atoms with van der Waals surface area (Å²) < 4.78 is 11.1. The second-order valence-corrected chi connectivity index (χ2v) is 4.40. The Kier molecular flexibility index (Phi) is 5.25. The summed E-state index contributed by atoms with van der Waals surface area (Å²) in [7, 11) is 0. The zero-order valence-corrected chi connectivity index (χ0v) is 10.5. The van der Waals surface area contributed by atoms with E-state index in [1.165, 1.54) is 0 Å². The van der Waals surface area contributed by atoms with Crippen molar-refractivity contribution in [2.75, 3.05) is 19.8 Å². The van der Waals surface area contributed by atoms with Gasteiger partial charge in [0, 0.05) is 0 Å². The number of benzene rings is 1. The Hall–Kier alpha value is -1.26. The lowest BCUT2D eigenvalue weighted by Gasteiger charge is -2.22. The van der Waals surface area contributed by atoms with Crippen molar-refractivity contribution in [3.8, 4) is 11.5 Å². The number of hydrogen-bond donors (Lipinski definition) is 2. The van der Waals surface area contributed by atoms with Crippen LogP contribution < -0.4 is 15.2 Å². The van der Waals surface area contributed by atoms with Crippen LogP contribution in [0.5, 0.6) is 11.5 Å². The van der Waals surface area contributed by atoms with Gasteiger partial charge in [0.1, 0.15) is 6.61 Å². The molecule has 0 radical (unpaired) electrons. The Bertz CT molecular complexity index is 339. The van der Waals surface area contributed by atoms with Gasteiger partial charge in [-0.25, -0.2) is 0 Å². The molecule has 0 saturated carbocycles. The first-order chi connectivity index (χ1) is 8.09. The number of hydrogen-bond acceptors (Lipinski definition) is 4. The highest BCUT2D eigenvalue weighted by molar-refractivity contribution is 5.39. The van der Waals surface area contributed by atoms with Gasteiger partial charge in [0.05, 0.1) is 18.8 Å². The van der Waals surface area contributed by atoms with Gasteiger partial charge >= 0.3 is 0 Å². The third-order valence-electron chi connectivity index (χ3n) is 2.23. The Morgan fingerprint density at radius 2 is 1.82 bits per heavy atom. The molecular formula is C13H21NO3. The standard InChI is InChI=1S/C13H21NO3/c1-3-8-16-11-6-4-5-7-12(11)17-10-13(2,14)9-15/h4-7,15H,3,8-10,14H2,1-2H3. The molecule has 0 saturated heterocycles. The zero-order valence-electron chi connectivity index (χ0n) is 10.5. The van der Waals surface area contributed by atoms with E-state index in [0.717, 1.165) is 6.42 Å². The van der Waals surface area contributed by atoms with Gasteiger partial charge in [0.2, 0.25) is 0 Å². The molecule has 1 atom stereocenters. The third kappa shape index (κ3) is 4.63. The highest BCUT2D eigenvalue weighted by Crippen LogP contribution is 2.27. The highest BCUT2D eigenvalue weighted by Gasteiger charge is 2.18. The average molecular weight is 239 g/mol. The van der Waals surface area contributed by atoms with Gasteiger partial charge in [-0.3, -0.25) is 0 Å². The van der Waals surface area contributed by atoms with Crippen LogP contribution >= 0.6 is 0 Å². The minimum Gasteiger partial charge on any atom is -0.490 e. The smallest absolute Gasteiger partial charge is 0.161 e. The molecule has 4 heteroatoms. The van der Waals surface area contributed by atoms with Gasteiger partial charge in [-0.05, 0) is 25.5 Å². The SMILES string of the molecule is CCCOc1ccccc1OCC(C)(N)CO. The third-order valence-corrected chi connectivity index (χ3v) is 2.23. The highest BCUT2D eigenvalue weighted by atomic mass is 16.5. The summed E-state index contributed by atoms with van der Waals surface area (Å²) in [5.74, 6) is 1.37. The Balaban J connectivity index is 2.63. The van der Waals surface area contributed by atoms with E-state index in [1.54, 1.807) is 6.92 Å². The number of aliphatic hydroxyl groups excluding tert-OH is 1. The lowest BCUT2D eigenvalue weighted by Crippen LogP contribution is -2.45. The summed E-state index contributed by atoms with van der Waals surface area (Å²) in [6.07, 6.45) is 0.944. The van der Waals surface area contributed by atoms with Crippen molar-refractivity contribution >= 4 is 0 Å². The maximum atomic E-state index is 9.05. The van der Waals surface area contributed by atoms with Crippen LogP contribution in [0.3, 0.4) is 0 Å². The topological polar surface area (TPSA) is 64.7 Å². The van der Waals surface area contributed by atoms with E-state index in [2.05, 4.69) is 0 Å². The van der Waals surface area contributed by atoms with Gasteiger partial charge in [-0.2, -0.15) is 0 Å². The molecule has 1 aromatic carbocycles. The first-order valence-corrected chi connectivity index (χ1v) is 5.83. The lowest BCUT2D eigenvalue weighted by atomic mass is 10.1. The van der Waals surface area contributed by atoms with Gasteiger partial charge in [-0.1, -0.05) is 19.1 Å². The Labute approximate surface area is 102 Å². The fourth-order valence-electron chi connectivity index (χ4n) is 1.19. The van der Waals surface area contributed by atoms with Crippen molar-refractivity contribution in [3.63, 3.8) is 0 Å². The van der Waals surface area contributed by atoms with E-state index < -0.39 is 5.54 Å². The first kappa shape index (κ1) is 13.8. The minimum atomic E-state index is -0.738. The monoisotopic (exact) mass is 239 g/mol. The fourth-order valence-corrected chi connectivity index (χ4v) is 1.19. The molecule has 0 spiro atoms. The van der Waals surface area contributed by atoms with Crippen LogP contribution in [0.25, 0.3) is 0 Å². The van der Waals surface area contributed by atoms with Crippen LogP contribution in [0.15, 0.2) is 24.3 Å². The molecule has 0 aliphatic rings. The van der Waals surface area contributed by atoms with Crippen molar-refractivity contribution in [1.29, 1.82) is 0 Å². The number of para-hydroxylation sites is 2. The predicted octanol–water partition coefficient (Wildman–Crippen LogP) is 1.56. The lowest BCUT2D eigenvalue weighted by molar-refractivity contribution is 0.142. The molecule has 0 aliphatic carbocycles. The predicted molar refractivity (Wildman–Crippen MR) is 67.4 cm³/mol. The summed E-state index contributed by atoms with van der Waals surface area (Å²) in [6, 6.07) is 7.46. The molecule has 0 heterocycles. The average Bonchev–Trinajstić information content (AvgIpc) is 2.35. The van der Waals surface area contributed by atoms with E-state index in [9.17, 15) is 0 Å². The molecule has 1 aromatic rings.